The maximum atomic E-state index is 12.0. The van der Waals surface area contributed by atoms with Crippen LogP contribution in [0.3, 0.4) is 0 Å². The summed E-state index contributed by atoms with van der Waals surface area (Å²) in [6.45, 7) is 0.127. The van der Waals surface area contributed by atoms with Gasteiger partial charge in [-0.1, -0.05) is 0 Å². The number of nitrogens with zero attached hydrogens (tertiary/aromatic N) is 1. The van der Waals surface area contributed by atoms with Crippen LogP contribution in [0.25, 0.3) is 0 Å². The van der Waals surface area contributed by atoms with Gasteiger partial charge in [0.25, 0.3) is 0 Å². The number of hydrogen-bond acceptors (Lipinski definition) is 6. The minimum absolute atomic E-state index is 0.00236. The van der Waals surface area contributed by atoms with Crippen LogP contribution in [0.1, 0.15) is 10.4 Å². The van der Waals surface area contributed by atoms with Crippen molar-refractivity contribution >= 4 is 21.7 Å². The molecule has 0 aliphatic rings. The summed E-state index contributed by atoms with van der Waals surface area (Å²) >= 11 is 0. The maximum absolute atomic E-state index is 12.0. The van der Waals surface area contributed by atoms with E-state index in [9.17, 15) is 13.2 Å². The van der Waals surface area contributed by atoms with Gasteiger partial charge in [0.05, 0.1) is 24.2 Å². The van der Waals surface area contributed by atoms with Gasteiger partial charge < -0.3 is 15.2 Å². The van der Waals surface area contributed by atoms with Crippen LogP contribution in [-0.2, 0) is 14.8 Å². The number of sulfonamides is 1. The minimum atomic E-state index is -3.63. The van der Waals surface area contributed by atoms with E-state index in [1.807, 2.05) is 0 Å². The Hall–Kier alpha value is -1.64. The number of esters is 1. The molecular weight excluding hydrogens is 284 g/mol. The lowest BCUT2D eigenvalue weighted by atomic mass is 10.2. The zero-order valence-electron chi connectivity index (χ0n) is 11.6. The Morgan fingerprint density at radius 1 is 1.40 bits per heavy atom. The van der Waals surface area contributed by atoms with E-state index in [0.29, 0.717) is 5.69 Å². The van der Waals surface area contributed by atoms with Crippen molar-refractivity contribution < 1.29 is 23.1 Å². The molecule has 0 fully saturated rings. The van der Waals surface area contributed by atoms with Crippen molar-refractivity contribution in [1.29, 1.82) is 0 Å². The van der Waals surface area contributed by atoms with Gasteiger partial charge in [0.2, 0.25) is 10.0 Å². The SMILES string of the molecule is COC(=O)c1cc(S(=O)(=O)N(C)C)ccc1NCCO. The highest BCUT2D eigenvalue weighted by atomic mass is 32.2. The molecule has 0 bridgehead atoms. The van der Waals surface area contributed by atoms with Gasteiger partial charge in [0, 0.05) is 26.3 Å². The maximum Gasteiger partial charge on any atom is 0.340 e. The summed E-state index contributed by atoms with van der Waals surface area (Å²) in [7, 11) is 0.399. The monoisotopic (exact) mass is 302 g/mol. The summed E-state index contributed by atoms with van der Waals surface area (Å²) in [5.74, 6) is -0.652. The standard InChI is InChI=1S/C12H18N2O5S/c1-14(2)20(17,18)9-4-5-11(13-6-7-15)10(8-9)12(16)19-3/h4-5,8,13,15H,6-7H2,1-3H3. The first-order chi connectivity index (χ1) is 9.34. The summed E-state index contributed by atoms with van der Waals surface area (Å²) in [6, 6.07) is 4.11. The second-order valence-electron chi connectivity index (χ2n) is 4.14. The molecule has 112 valence electrons. The van der Waals surface area contributed by atoms with Gasteiger partial charge in [-0.2, -0.15) is 0 Å². The fourth-order valence-electron chi connectivity index (χ4n) is 1.52. The van der Waals surface area contributed by atoms with Crippen LogP contribution in [0.15, 0.2) is 23.1 Å². The summed E-state index contributed by atoms with van der Waals surface area (Å²) in [5.41, 5.74) is 0.507. The Kier molecular flexibility index (Phi) is 5.49. The molecule has 0 aromatic heterocycles. The average molecular weight is 302 g/mol. The van der Waals surface area contributed by atoms with E-state index in [-0.39, 0.29) is 23.6 Å². The third-order valence-corrected chi connectivity index (χ3v) is 4.41. The molecule has 8 heteroatoms. The number of carbonyl (C=O) groups is 1. The lowest BCUT2D eigenvalue weighted by Crippen LogP contribution is -2.23. The third-order valence-electron chi connectivity index (χ3n) is 2.60. The molecule has 0 heterocycles. The Morgan fingerprint density at radius 2 is 2.05 bits per heavy atom. The highest BCUT2D eigenvalue weighted by Crippen LogP contribution is 2.22. The zero-order chi connectivity index (χ0) is 15.3. The molecule has 0 aliphatic carbocycles. The summed E-state index contributed by atoms with van der Waals surface area (Å²) in [6.07, 6.45) is 0. The molecule has 0 aliphatic heterocycles. The van der Waals surface area contributed by atoms with E-state index in [0.717, 1.165) is 4.31 Å². The van der Waals surface area contributed by atoms with E-state index in [4.69, 9.17) is 5.11 Å². The highest BCUT2D eigenvalue weighted by Gasteiger charge is 2.21. The first-order valence-electron chi connectivity index (χ1n) is 5.84. The van der Waals surface area contributed by atoms with Gasteiger partial charge in [-0.05, 0) is 18.2 Å². The van der Waals surface area contributed by atoms with Crippen molar-refractivity contribution in [1.82, 2.24) is 4.31 Å². The molecule has 0 radical (unpaired) electrons. The Bertz CT molecular complexity index is 584. The molecule has 2 N–H and O–H groups in total. The number of ether oxygens (including phenoxy) is 1. The molecule has 0 atom stereocenters. The lowest BCUT2D eigenvalue weighted by molar-refractivity contribution is 0.0601. The van der Waals surface area contributed by atoms with E-state index >= 15 is 0 Å². The Morgan fingerprint density at radius 3 is 2.55 bits per heavy atom. The van der Waals surface area contributed by atoms with Gasteiger partial charge >= 0.3 is 5.97 Å². The Labute approximate surface area is 118 Å². The van der Waals surface area contributed by atoms with Gasteiger partial charge in [-0.15, -0.1) is 0 Å². The van der Waals surface area contributed by atoms with Crippen LogP contribution in [-0.4, -0.2) is 58.2 Å². The van der Waals surface area contributed by atoms with E-state index in [1.165, 1.54) is 39.4 Å². The molecule has 0 saturated carbocycles. The predicted molar refractivity (Wildman–Crippen MR) is 74.2 cm³/mol. The zero-order valence-corrected chi connectivity index (χ0v) is 12.4. The third kappa shape index (κ3) is 3.47. The summed E-state index contributed by atoms with van der Waals surface area (Å²) in [5, 5.41) is 11.6. The van der Waals surface area contributed by atoms with Crippen molar-refractivity contribution in [2.45, 2.75) is 4.90 Å². The van der Waals surface area contributed by atoms with Crippen LogP contribution in [0.2, 0.25) is 0 Å². The number of carbonyl (C=O) groups excluding carboxylic acids is 1. The molecule has 0 saturated heterocycles. The molecule has 1 rings (SSSR count). The van der Waals surface area contributed by atoms with Crippen LogP contribution < -0.4 is 5.32 Å². The van der Waals surface area contributed by atoms with E-state index < -0.39 is 16.0 Å². The predicted octanol–water partition coefficient (Wildman–Crippen LogP) is 0.128. The van der Waals surface area contributed by atoms with Crippen LogP contribution >= 0.6 is 0 Å². The molecule has 1 aromatic rings. The quantitative estimate of drug-likeness (QED) is 0.725. The second-order valence-corrected chi connectivity index (χ2v) is 6.29. The van der Waals surface area contributed by atoms with Gasteiger partial charge in [0.15, 0.2) is 0 Å². The second kappa shape index (κ2) is 6.69. The number of aliphatic hydroxyl groups excluding tert-OH is 1. The Balaban J connectivity index is 3.31. The summed E-state index contributed by atoms with van der Waals surface area (Å²) in [4.78, 5) is 11.7. The van der Waals surface area contributed by atoms with Crippen molar-refractivity contribution in [3.63, 3.8) is 0 Å². The molecular formula is C12H18N2O5S. The number of nitrogens with one attached hydrogen (secondary N) is 1. The van der Waals surface area contributed by atoms with E-state index in [2.05, 4.69) is 10.1 Å². The van der Waals surface area contributed by atoms with Crippen LogP contribution in [0, 0.1) is 0 Å². The first-order valence-corrected chi connectivity index (χ1v) is 7.28. The number of hydrogen-bond donors (Lipinski definition) is 2. The average Bonchev–Trinajstić information content (AvgIpc) is 2.43. The van der Waals surface area contributed by atoms with Crippen LogP contribution in [0.5, 0.6) is 0 Å². The fourth-order valence-corrected chi connectivity index (χ4v) is 2.45. The topological polar surface area (TPSA) is 95.9 Å². The van der Waals surface area contributed by atoms with Crippen LogP contribution in [0.4, 0.5) is 5.69 Å². The minimum Gasteiger partial charge on any atom is -0.465 e. The molecule has 0 amide bonds. The molecule has 1 aromatic carbocycles. The first kappa shape index (κ1) is 16.4. The van der Waals surface area contributed by atoms with Crippen molar-refractivity contribution in [3.8, 4) is 0 Å². The normalized spacial score (nSPS) is 11.4. The largest absolute Gasteiger partial charge is 0.465 e. The number of methoxy groups -OCH3 is 1. The lowest BCUT2D eigenvalue weighted by Gasteiger charge is -2.15. The van der Waals surface area contributed by atoms with Gasteiger partial charge in [0.1, 0.15) is 0 Å². The fraction of sp³-hybridized carbons (Fsp3) is 0.417. The number of benzene rings is 1. The number of anilines is 1. The number of rotatable bonds is 6. The van der Waals surface area contributed by atoms with E-state index in [1.54, 1.807) is 0 Å². The molecule has 0 spiro atoms. The van der Waals surface area contributed by atoms with Crippen molar-refractivity contribution in [3.05, 3.63) is 23.8 Å². The van der Waals surface area contributed by atoms with Crippen molar-refractivity contribution in [2.24, 2.45) is 0 Å². The highest BCUT2D eigenvalue weighted by molar-refractivity contribution is 7.89. The van der Waals surface area contributed by atoms with Crippen molar-refractivity contribution in [2.75, 3.05) is 39.7 Å². The van der Waals surface area contributed by atoms with Gasteiger partial charge in [-0.25, -0.2) is 17.5 Å². The van der Waals surface area contributed by atoms with Gasteiger partial charge in [-0.3, -0.25) is 0 Å². The molecule has 20 heavy (non-hydrogen) atoms. The summed E-state index contributed by atoms with van der Waals surface area (Å²) < 4.78 is 29.8. The molecule has 7 nitrogen and oxygen atoms in total. The smallest absolute Gasteiger partial charge is 0.340 e. The molecule has 0 unspecified atom stereocenters. The number of aliphatic hydroxyl groups is 1.